The summed E-state index contributed by atoms with van der Waals surface area (Å²) in [5.41, 5.74) is 0.684. The van der Waals surface area contributed by atoms with E-state index in [-0.39, 0.29) is 11.7 Å². The fourth-order valence-electron chi connectivity index (χ4n) is 0.912. The Morgan fingerprint density at radius 2 is 1.86 bits per heavy atom. The molecule has 0 aliphatic carbocycles. The molecule has 4 heteroatoms. The number of nitrogens with one attached hydrogen (secondary N) is 1. The van der Waals surface area contributed by atoms with Crippen LogP contribution in [0.5, 0.6) is 0 Å². The molecule has 0 aromatic heterocycles. The van der Waals surface area contributed by atoms with Crippen molar-refractivity contribution in [3.8, 4) is 0 Å². The van der Waals surface area contributed by atoms with E-state index in [2.05, 4.69) is 21.2 Å². The summed E-state index contributed by atoms with van der Waals surface area (Å²) in [6, 6.07) is 9.00. The van der Waals surface area contributed by atoms with Gasteiger partial charge in [-0.3, -0.25) is 9.59 Å². The number of hydrogen-bond donors (Lipinski definition) is 1. The lowest BCUT2D eigenvalue weighted by Crippen LogP contribution is -2.28. The molecule has 1 rings (SSSR count). The molecular weight excluding hydrogens is 246 g/mol. The van der Waals surface area contributed by atoms with Crippen molar-refractivity contribution in [1.82, 2.24) is 0 Å². The monoisotopic (exact) mass is 255 g/mol. The maximum absolute atomic E-state index is 11.4. The second kappa shape index (κ2) is 4.91. The first-order chi connectivity index (χ1) is 6.61. The number of hydrogen-bond acceptors (Lipinski definition) is 2. The van der Waals surface area contributed by atoms with Crippen LogP contribution in [0.3, 0.4) is 0 Å². The van der Waals surface area contributed by atoms with Gasteiger partial charge in [0, 0.05) is 5.69 Å². The Kier molecular flexibility index (Phi) is 3.83. The van der Waals surface area contributed by atoms with Gasteiger partial charge in [-0.25, -0.2) is 0 Å². The molecule has 14 heavy (non-hydrogen) atoms. The number of benzene rings is 1. The van der Waals surface area contributed by atoms with Crippen molar-refractivity contribution >= 4 is 33.3 Å². The zero-order valence-corrected chi connectivity index (χ0v) is 9.24. The van der Waals surface area contributed by atoms with E-state index in [0.717, 1.165) is 0 Å². The number of Topliss-reactive ketones (excluding diaryl/α,β-unsaturated/α-hetero) is 1. The molecule has 0 heterocycles. The fraction of sp³-hybridized carbons (Fsp3) is 0.200. The molecule has 0 saturated heterocycles. The van der Waals surface area contributed by atoms with E-state index in [9.17, 15) is 9.59 Å². The first kappa shape index (κ1) is 10.9. The van der Waals surface area contributed by atoms with Crippen LogP contribution >= 0.6 is 15.9 Å². The van der Waals surface area contributed by atoms with Crippen LogP contribution in [0.1, 0.15) is 6.92 Å². The smallest absolute Gasteiger partial charge is 0.245 e. The molecule has 0 bridgehead atoms. The van der Waals surface area contributed by atoms with E-state index in [1.54, 1.807) is 12.1 Å². The van der Waals surface area contributed by atoms with Gasteiger partial charge in [-0.05, 0) is 19.1 Å². The molecule has 1 N–H and O–H groups in total. The number of carbonyl (C=O) groups excluding carboxylic acids is 2. The standard InChI is InChI=1S/C10H10BrNO2/c1-7(13)9(11)10(14)12-8-5-3-2-4-6-8/h2-6,9H,1H3,(H,12,14)/t9-/m0/s1. The third kappa shape index (κ3) is 2.96. The van der Waals surface area contributed by atoms with Gasteiger partial charge in [0.15, 0.2) is 10.6 Å². The minimum absolute atomic E-state index is 0.210. The van der Waals surface area contributed by atoms with E-state index >= 15 is 0 Å². The summed E-state index contributed by atoms with van der Waals surface area (Å²) < 4.78 is 0. The molecule has 0 radical (unpaired) electrons. The maximum atomic E-state index is 11.4. The van der Waals surface area contributed by atoms with Crippen LogP contribution in [0.15, 0.2) is 30.3 Å². The van der Waals surface area contributed by atoms with Crippen LogP contribution in [0.2, 0.25) is 0 Å². The summed E-state index contributed by atoms with van der Waals surface area (Å²) in [6.07, 6.45) is 0. The predicted octanol–water partition coefficient (Wildman–Crippen LogP) is 1.98. The van der Waals surface area contributed by atoms with Crippen LogP contribution in [0, 0.1) is 0 Å². The molecule has 0 spiro atoms. The quantitative estimate of drug-likeness (QED) is 0.663. The first-order valence-corrected chi connectivity index (χ1v) is 5.03. The Labute approximate surface area is 90.6 Å². The number of ketones is 1. The Balaban J connectivity index is 2.62. The molecule has 0 aliphatic rings. The zero-order chi connectivity index (χ0) is 10.6. The van der Waals surface area contributed by atoms with E-state index in [1.807, 2.05) is 18.2 Å². The zero-order valence-electron chi connectivity index (χ0n) is 7.66. The maximum Gasteiger partial charge on any atom is 0.245 e. The van der Waals surface area contributed by atoms with Gasteiger partial charge in [0.2, 0.25) is 5.91 Å². The molecule has 1 aromatic carbocycles. The highest BCUT2D eigenvalue weighted by molar-refractivity contribution is 9.10. The van der Waals surface area contributed by atoms with Crippen molar-refractivity contribution in [1.29, 1.82) is 0 Å². The summed E-state index contributed by atoms with van der Waals surface area (Å²) in [5.74, 6) is -0.554. The molecule has 0 saturated carbocycles. The minimum atomic E-state index is -0.775. The molecule has 3 nitrogen and oxygen atoms in total. The van der Waals surface area contributed by atoms with E-state index < -0.39 is 4.83 Å². The normalized spacial score (nSPS) is 11.9. The van der Waals surface area contributed by atoms with Crippen molar-refractivity contribution in [2.45, 2.75) is 11.8 Å². The third-order valence-corrected chi connectivity index (χ3v) is 2.69. The number of carbonyl (C=O) groups is 2. The SMILES string of the molecule is CC(=O)[C@H](Br)C(=O)Nc1ccccc1. The largest absolute Gasteiger partial charge is 0.325 e. The van der Waals surface area contributed by atoms with Crippen molar-refractivity contribution in [3.05, 3.63) is 30.3 Å². The molecule has 0 fully saturated rings. The van der Waals surface area contributed by atoms with Crippen molar-refractivity contribution < 1.29 is 9.59 Å². The van der Waals surface area contributed by atoms with E-state index in [0.29, 0.717) is 5.69 Å². The first-order valence-electron chi connectivity index (χ1n) is 4.11. The van der Waals surface area contributed by atoms with Gasteiger partial charge in [-0.2, -0.15) is 0 Å². The molecular formula is C10H10BrNO2. The van der Waals surface area contributed by atoms with Crippen LogP contribution in [0.4, 0.5) is 5.69 Å². The molecule has 74 valence electrons. The Morgan fingerprint density at radius 3 is 2.36 bits per heavy atom. The van der Waals surface area contributed by atoms with Crippen LogP contribution in [0.25, 0.3) is 0 Å². The van der Waals surface area contributed by atoms with Crippen molar-refractivity contribution in [2.75, 3.05) is 5.32 Å². The van der Waals surface area contributed by atoms with Gasteiger partial charge in [0.1, 0.15) is 0 Å². The van der Waals surface area contributed by atoms with Gasteiger partial charge < -0.3 is 5.32 Å². The molecule has 1 aromatic rings. The highest BCUT2D eigenvalue weighted by atomic mass is 79.9. The fourth-order valence-corrected chi connectivity index (χ4v) is 1.03. The van der Waals surface area contributed by atoms with E-state index in [4.69, 9.17) is 0 Å². The lowest BCUT2D eigenvalue weighted by molar-refractivity contribution is -0.123. The van der Waals surface area contributed by atoms with Gasteiger partial charge in [-0.1, -0.05) is 34.1 Å². The van der Waals surface area contributed by atoms with Crippen molar-refractivity contribution in [3.63, 3.8) is 0 Å². The van der Waals surface area contributed by atoms with Gasteiger partial charge in [0.25, 0.3) is 0 Å². The van der Waals surface area contributed by atoms with Gasteiger partial charge in [0.05, 0.1) is 0 Å². The summed E-state index contributed by atoms with van der Waals surface area (Å²) in [4.78, 5) is 21.5. The second-order valence-corrected chi connectivity index (χ2v) is 3.74. The number of halogens is 1. The van der Waals surface area contributed by atoms with Crippen LogP contribution < -0.4 is 5.32 Å². The summed E-state index contributed by atoms with van der Waals surface area (Å²) in [5, 5.41) is 2.62. The second-order valence-electron chi connectivity index (χ2n) is 2.83. The summed E-state index contributed by atoms with van der Waals surface area (Å²) in [7, 11) is 0. The number of para-hydroxylation sites is 1. The number of amides is 1. The molecule has 1 atom stereocenters. The average molecular weight is 256 g/mol. The van der Waals surface area contributed by atoms with Gasteiger partial charge in [-0.15, -0.1) is 0 Å². The van der Waals surface area contributed by atoms with Crippen LogP contribution in [-0.4, -0.2) is 16.5 Å². The summed E-state index contributed by atoms with van der Waals surface area (Å²) in [6.45, 7) is 1.37. The molecule has 0 unspecified atom stereocenters. The van der Waals surface area contributed by atoms with Crippen LogP contribution in [-0.2, 0) is 9.59 Å². The van der Waals surface area contributed by atoms with Crippen molar-refractivity contribution in [2.24, 2.45) is 0 Å². The summed E-state index contributed by atoms with van der Waals surface area (Å²) >= 11 is 3.00. The van der Waals surface area contributed by atoms with Gasteiger partial charge >= 0.3 is 0 Å². The Morgan fingerprint density at radius 1 is 1.29 bits per heavy atom. The highest BCUT2D eigenvalue weighted by Crippen LogP contribution is 2.09. The predicted molar refractivity (Wildman–Crippen MR) is 58.5 cm³/mol. The Hall–Kier alpha value is -1.16. The molecule has 1 amide bonds. The van der Waals surface area contributed by atoms with E-state index in [1.165, 1.54) is 6.92 Å². The topological polar surface area (TPSA) is 46.2 Å². The highest BCUT2D eigenvalue weighted by Gasteiger charge is 2.19. The third-order valence-electron chi connectivity index (χ3n) is 1.63. The number of rotatable bonds is 3. The lowest BCUT2D eigenvalue weighted by Gasteiger charge is -2.07. The lowest BCUT2D eigenvalue weighted by atomic mass is 10.2. The average Bonchev–Trinajstić information content (AvgIpc) is 2.18. The number of anilines is 1. The minimum Gasteiger partial charge on any atom is -0.325 e. The number of alkyl halides is 1. The Bertz CT molecular complexity index is 337. The molecule has 0 aliphatic heterocycles.